The van der Waals surface area contributed by atoms with Crippen LogP contribution in [0.3, 0.4) is 0 Å². The van der Waals surface area contributed by atoms with Crippen molar-refractivity contribution in [2.45, 2.75) is 38.5 Å². The molecule has 0 saturated heterocycles. The molecule has 2 aromatic carbocycles. The van der Waals surface area contributed by atoms with Crippen LogP contribution in [0, 0.1) is 0 Å². The number of nitrogens with one attached hydrogen (secondary N) is 1. The lowest BCUT2D eigenvalue weighted by Crippen LogP contribution is -2.17. The van der Waals surface area contributed by atoms with Crippen LogP contribution in [-0.4, -0.2) is 24.7 Å². The molecule has 2 rings (SSSR count). The molecule has 0 aliphatic rings. The number of benzene rings is 2. The highest BCUT2D eigenvalue weighted by molar-refractivity contribution is 6.32. The first-order valence-corrected chi connectivity index (χ1v) is 8.73. The summed E-state index contributed by atoms with van der Waals surface area (Å²) in [5.74, 6) is -0.201. The van der Waals surface area contributed by atoms with Gasteiger partial charge in [-0.3, -0.25) is 14.8 Å². The van der Waals surface area contributed by atoms with Crippen molar-refractivity contribution in [2.24, 2.45) is 0 Å². The number of hydroxylamine groups is 1. The number of carbonyl (C=O) groups excluding carboxylic acids is 2. The Morgan fingerprint density at radius 3 is 1.88 bits per heavy atom. The Labute approximate surface area is 149 Å². The molecule has 0 aromatic heterocycles. The normalized spacial score (nSPS) is 10.4. The SMILES string of the molecule is Bc1ccc(-c2ccc(C(=O)CCCCCCC(=O)NO)cc2)cc1. The molecule has 0 aliphatic heterocycles. The van der Waals surface area contributed by atoms with Gasteiger partial charge >= 0.3 is 0 Å². The van der Waals surface area contributed by atoms with E-state index in [4.69, 9.17) is 5.21 Å². The Bertz CT molecular complexity index is 696. The molecule has 4 nitrogen and oxygen atoms in total. The monoisotopic (exact) mass is 337 g/mol. The maximum Gasteiger partial charge on any atom is 0.243 e. The Morgan fingerprint density at radius 2 is 1.32 bits per heavy atom. The molecule has 2 aromatic rings. The second-order valence-corrected chi connectivity index (χ2v) is 6.32. The Kier molecular flexibility index (Phi) is 7.42. The molecule has 130 valence electrons. The van der Waals surface area contributed by atoms with Crippen molar-refractivity contribution in [3.8, 4) is 11.1 Å². The first-order valence-electron chi connectivity index (χ1n) is 8.73. The van der Waals surface area contributed by atoms with Gasteiger partial charge < -0.3 is 0 Å². The standard InChI is InChI=1S/C20H24BNO3/c21-18-13-11-16(12-14-18)15-7-9-17(10-8-15)19(23)5-3-1-2-4-6-20(24)22-25/h7-14,25H,1-6,21H2,(H,22,24). The summed E-state index contributed by atoms with van der Waals surface area (Å²) in [7, 11) is 2.06. The molecule has 0 aliphatic carbocycles. The van der Waals surface area contributed by atoms with Crippen molar-refractivity contribution >= 4 is 25.0 Å². The molecule has 0 heterocycles. The van der Waals surface area contributed by atoms with Crippen molar-refractivity contribution in [3.63, 3.8) is 0 Å². The van der Waals surface area contributed by atoms with E-state index in [-0.39, 0.29) is 11.7 Å². The molecule has 0 spiro atoms. The van der Waals surface area contributed by atoms with Crippen LogP contribution in [0.1, 0.15) is 48.9 Å². The van der Waals surface area contributed by atoms with Crippen molar-refractivity contribution in [1.82, 2.24) is 5.48 Å². The summed E-state index contributed by atoms with van der Waals surface area (Å²) >= 11 is 0. The zero-order valence-corrected chi connectivity index (χ0v) is 14.6. The molecule has 0 unspecified atom stereocenters. The first-order chi connectivity index (χ1) is 12.1. The number of ketones is 1. The summed E-state index contributed by atoms with van der Waals surface area (Å²) in [5.41, 5.74) is 5.86. The van der Waals surface area contributed by atoms with Crippen molar-refractivity contribution in [2.75, 3.05) is 0 Å². The topological polar surface area (TPSA) is 66.4 Å². The van der Waals surface area contributed by atoms with E-state index in [9.17, 15) is 9.59 Å². The van der Waals surface area contributed by atoms with Gasteiger partial charge in [0.1, 0.15) is 7.85 Å². The summed E-state index contributed by atoms with van der Waals surface area (Å²) in [5, 5.41) is 8.40. The fourth-order valence-electron chi connectivity index (χ4n) is 2.72. The van der Waals surface area contributed by atoms with Crippen LogP contribution in [-0.2, 0) is 4.79 Å². The lowest BCUT2D eigenvalue weighted by Gasteiger charge is -2.05. The maximum atomic E-state index is 12.2. The van der Waals surface area contributed by atoms with Crippen LogP contribution < -0.4 is 10.9 Å². The third-order valence-electron chi connectivity index (χ3n) is 4.27. The van der Waals surface area contributed by atoms with E-state index in [0.29, 0.717) is 12.8 Å². The zero-order valence-electron chi connectivity index (χ0n) is 14.6. The van der Waals surface area contributed by atoms with E-state index < -0.39 is 0 Å². The minimum atomic E-state index is -0.357. The minimum Gasteiger partial charge on any atom is -0.294 e. The molecule has 5 heteroatoms. The lowest BCUT2D eigenvalue weighted by atomic mass is 9.93. The van der Waals surface area contributed by atoms with Gasteiger partial charge in [0.05, 0.1) is 0 Å². The van der Waals surface area contributed by atoms with Gasteiger partial charge in [-0.05, 0) is 24.0 Å². The number of amides is 1. The smallest absolute Gasteiger partial charge is 0.243 e. The highest BCUT2D eigenvalue weighted by Gasteiger charge is 2.06. The molecule has 0 fully saturated rings. The Morgan fingerprint density at radius 1 is 0.800 bits per heavy atom. The van der Waals surface area contributed by atoms with Gasteiger partial charge in [-0.2, -0.15) is 0 Å². The second kappa shape index (κ2) is 9.79. The fraction of sp³-hybridized carbons (Fsp3) is 0.300. The second-order valence-electron chi connectivity index (χ2n) is 6.32. The summed E-state index contributed by atoms with van der Waals surface area (Å²) in [4.78, 5) is 23.1. The maximum absolute atomic E-state index is 12.2. The van der Waals surface area contributed by atoms with Crippen LogP contribution >= 0.6 is 0 Å². The van der Waals surface area contributed by atoms with E-state index in [1.54, 1.807) is 5.48 Å². The number of carbonyl (C=O) groups is 2. The van der Waals surface area contributed by atoms with Crippen LogP contribution in [0.25, 0.3) is 11.1 Å². The summed E-state index contributed by atoms with van der Waals surface area (Å²) in [6, 6.07) is 16.1. The minimum absolute atomic E-state index is 0.156. The van der Waals surface area contributed by atoms with Gasteiger partial charge in [-0.1, -0.05) is 66.8 Å². The van der Waals surface area contributed by atoms with Crippen LogP contribution in [0.15, 0.2) is 48.5 Å². The van der Waals surface area contributed by atoms with E-state index in [0.717, 1.165) is 42.4 Å². The predicted molar refractivity (Wildman–Crippen MR) is 102 cm³/mol. The van der Waals surface area contributed by atoms with Crippen molar-refractivity contribution in [3.05, 3.63) is 54.1 Å². The molecule has 25 heavy (non-hydrogen) atoms. The van der Waals surface area contributed by atoms with Gasteiger partial charge in [0.15, 0.2) is 5.78 Å². The number of unbranched alkanes of at least 4 members (excludes halogenated alkanes) is 3. The number of hydrogen-bond acceptors (Lipinski definition) is 3. The van der Waals surface area contributed by atoms with Gasteiger partial charge in [-0.15, -0.1) is 0 Å². The largest absolute Gasteiger partial charge is 0.294 e. The third-order valence-corrected chi connectivity index (χ3v) is 4.27. The summed E-state index contributed by atoms with van der Waals surface area (Å²) in [6.45, 7) is 0. The highest BCUT2D eigenvalue weighted by atomic mass is 16.5. The Hall–Kier alpha value is -2.40. The molecule has 0 radical (unpaired) electrons. The molecule has 0 atom stereocenters. The quantitative estimate of drug-likeness (QED) is 0.243. The fourth-order valence-corrected chi connectivity index (χ4v) is 2.72. The number of hydrogen-bond donors (Lipinski definition) is 2. The van der Waals surface area contributed by atoms with E-state index >= 15 is 0 Å². The van der Waals surface area contributed by atoms with E-state index in [1.165, 1.54) is 5.46 Å². The zero-order chi connectivity index (χ0) is 18.1. The first kappa shape index (κ1) is 18.9. The van der Waals surface area contributed by atoms with Crippen LogP contribution in [0.2, 0.25) is 0 Å². The molecular weight excluding hydrogens is 313 g/mol. The molecule has 2 N–H and O–H groups in total. The van der Waals surface area contributed by atoms with E-state index in [2.05, 4.69) is 32.1 Å². The third kappa shape index (κ3) is 6.20. The van der Waals surface area contributed by atoms with Gasteiger partial charge in [0.2, 0.25) is 5.91 Å². The Balaban J connectivity index is 1.76. The van der Waals surface area contributed by atoms with Gasteiger partial charge in [-0.25, -0.2) is 5.48 Å². The molecular formula is C20H24BNO3. The van der Waals surface area contributed by atoms with Crippen LogP contribution in [0.4, 0.5) is 0 Å². The number of rotatable bonds is 9. The highest BCUT2D eigenvalue weighted by Crippen LogP contribution is 2.20. The van der Waals surface area contributed by atoms with Crippen molar-refractivity contribution in [1.29, 1.82) is 0 Å². The van der Waals surface area contributed by atoms with Crippen molar-refractivity contribution < 1.29 is 14.8 Å². The average Bonchev–Trinajstić information content (AvgIpc) is 2.65. The van der Waals surface area contributed by atoms with Gasteiger partial charge in [0, 0.05) is 18.4 Å². The summed E-state index contributed by atoms with van der Waals surface area (Å²) in [6.07, 6.45) is 4.19. The number of Topliss-reactive ketones (excluding diaryl/α,β-unsaturated/α-hetero) is 1. The van der Waals surface area contributed by atoms with Crippen LogP contribution in [0.5, 0.6) is 0 Å². The predicted octanol–water partition coefficient (Wildman–Crippen LogP) is 2.64. The lowest BCUT2D eigenvalue weighted by molar-refractivity contribution is -0.129. The molecule has 0 saturated carbocycles. The van der Waals surface area contributed by atoms with Gasteiger partial charge in [0.25, 0.3) is 0 Å². The van der Waals surface area contributed by atoms with E-state index in [1.807, 2.05) is 24.3 Å². The summed E-state index contributed by atoms with van der Waals surface area (Å²) < 4.78 is 0. The molecule has 0 bridgehead atoms. The molecule has 1 amide bonds. The average molecular weight is 337 g/mol.